The molecule has 1 fully saturated rings. The molecule has 1 amide bonds. The Morgan fingerprint density at radius 3 is 2.67 bits per heavy atom. The van der Waals surface area contributed by atoms with Crippen molar-refractivity contribution in [3.05, 3.63) is 34.9 Å². The van der Waals surface area contributed by atoms with Gasteiger partial charge in [0.05, 0.1) is 6.10 Å². The summed E-state index contributed by atoms with van der Waals surface area (Å²) in [6.07, 6.45) is 1.55. The van der Waals surface area contributed by atoms with Crippen molar-refractivity contribution >= 4 is 5.91 Å². The Balaban J connectivity index is 2.03. The Bertz CT molecular complexity index is 437. The molecular formula is C14H20N2O2. The van der Waals surface area contributed by atoms with Gasteiger partial charge in [0.15, 0.2) is 0 Å². The number of rotatable bonds is 3. The largest absolute Gasteiger partial charge is 0.393 e. The number of aliphatic hydroxyl groups is 1. The highest BCUT2D eigenvalue weighted by Gasteiger charge is 2.17. The number of primary amides is 1. The molecule has 98 valence electrons. The minimum Gasteiger partial charge on any atom is -0.393 e. The highest BCUT2D eigenvalue weighted by Crippen LogP contribution is 2.17. The number of piperidine rings is 1. The molecule has 0 aliphatic carbocycles. The van der Waals surface area contributed by atoms with Crippen LogP contribution in [-0.4, -0.2) is 35.1 Å². The van der Waals surface area contributed by atoms with Gasteiger partial charge in [-0.3, -0.25) is 9.69 Å². The van der Waals surface area contributed by atoms with Gasteiger partial charge in [-0.15, -0.1) is 0 Å². The molecule has 0 unspecified atom stereocenters. The number of likely N-dealkylation sites (tertiary alicyclic amines) is 1. The first kappa shape index (κ1) is 13.1. The molecule has 2 rings (SSSR count). The molecule has 1 saturated heterocycles. The zero-order valence-corrected chi connectivity index (χ0v) is 10.7. The van der Waals surface area contributed by atoms with E-state index in [1.807, 2.05) is 19.1 Å². The molecule has 4 heteroatoms. The average Bonchev–Trinajstić information content (AvgIpc) is 2.34. The second kappa shape index (κ2) is 5.50. The quantitative estimate of drug-likeness (QED) is 0.840. The third kappa shape index (κ3) is 3.09. The molecule has 1 aromatic rings. The van der Waals surface area contributed by atoms with Gasteiger partial charge in [0.1, 0.15) is 0 Å². The molecule has 4 nitrogen and oxygen atoms in total. The molecule has 0 radical (unpaired) electrons. The summed E-state index contributed by atoms with van der Waals surface area (Å²) in [6, 6.07) is 5.60. The van der Waals surface area contributed by atoms with Crippen LogP contribution in [0.15, 0.2) is 18.2 Å². The van der Waals surface area contributed by atoms with Crippen LogP contribution in [0.1, 0.15) is 34.3 Å². The lowest BCUT2D eigenvalue weighted by atomic mass is 10.0. The number of nitrogens with zero attached hydrogens (tertiary/aromatic N) is 1. The van der Waals surface area contributed by atoms with Crippen LogP contribution in [-0.2, 0) is 6.54 Å². The van der Waals surface area contributed by atoms with E-state index < -0.39 is 0 Å². The Kier molecular flexibility index (Phi) is 3.99. The molecule has 1 aliphatic rings. The van der Waals surface area contributed by atoms with E-state index in [-0.39, 0.29) is 12.0 Å². The summed E-state index contributed by atoms with van der Waals surface area (Å²) in [4.78, 5) is 13.4. The van der Waals surface area contributed by atoms with Gasteiger partial charge in [-0.2, -0.15) is 0 Å². The number of aryl methyl sites for hydroxylation is 1. The maximum absolute atomic E-state index is 11.1. The van der Waals surface area contributed by atoms with E-state index in [4.69, 9.17) is 5.73 Å². The first-order chi connectivity index (χ1) is 8.56. The number of hydrogen-bond donors (Lipinski definition) is 2. The van der Waals surface area contributed by atoms with Crippen molar-refractivity contribution in [1.29, 1.82) is 0 Å². The van der Waals surface area contributed by atoms with Gasteiger partial charge < -0.3 is 10.8 Å². The molecule has 0 atom stereocenters. The first-order valence-corrected chi connectivity index (χ1v) is 6.36. The monoisotopic (exact) mass is 248 g/mol. The molecular weight excluding hydrogens is 228 g/mol. The summed E-state index contributed by atoms with van der Waals surface area (Å²) < 4.78 is 0. The van der Waals surface area contributed by atoms with Gasteiger partial charge in [-0.1, -0.05) is 6.07 Å². The lowest BCUT2D eigenvalue weighted by Crippen LogP contribution is -2.35. The van der Waals surface area contributed by atoms with Crippen LogP contribution in [0.5, 0.6) is 0 Å². The summed E-state index contributed by atoms with van der Waals surface area (Å²) in [6.45, 7) is 4.73. The zero-order chi connectivity index (χ0) is 13.1. The summed E-state index contributed by atoms with van der Waals surface area (Å²) >= 11 is 0. The normalized spacial score (nSPS) is 17.9. The van der Waals surface area contributed by atoms with Gasteiger partial charge in [0.2, 0.25) is 5.91 Å². The number of benzene rings is 1. The fourth-order valence-electron chi connectivity index (χ4n) is 2.34. The van der Waals surface area contributed by atoms with E-state index in [1.165, 1.54) is 5.56 Å². The van der Waals surface area contributed by atoms with Crippen molar-refractivity contribution in [3.63, 3.8) is 0 Å². The standard InChI is InChI=1S/C14H20N2O2/c1-10-8-11(14(15)18)2-3-12(10)9-16-6-4-13(17)5-7-16/h2-3,8,13,17H,4-7,9H2,1H3,(H2,15,18). The van der Waals surface area contributed by atoms with Crippen LogP contribution in [0.25, 0.3) is 0 Å². The zero-order valence-electron chi connectivity index (χ0n) is 10.7. The molecule has 0 aromatic heterocycles. The fourth-order valence-corrected chi connectivity index (χ4v) is 2.34. The van der Waals surface area contributed by atoms with E-state index in [2.05, 4.69) is 4.90 Å². The first-order valence-electron chi connectivity index (χ1n) is 6.36. The number of amides is 1. The van der Waals surface area contributed by atoms with E-state index in [1.54, 1.807) is 6.07 Å². The van der Waals surface area contributed by atoms with Gasteiger partial charge >= 0.3 is 0 Å². The number of hydrogen-bond acceptors (Lipinski definition) is 3. The van der Waals surface area contributed by atoms with E-state index >= 15 is 0 Å². The number of carbonyl (C=O) groups excluding carboxylic acids is 1. The van der Waals surface area contributed by atoms with Crippen LogP contribution in [0, 0.1) is 6.92 Å². The second-order valence-corrected chi connectivity index (χ2v) is 5.01. The van der Waals surface area contributed by atoms with Gasteiger partial charge in [-0.05, 0) is 43.0 Å². The highest BCUT2D eigenvalue weighted by molar-refractivity contribution is 5.93. The summed E-state index contributed by atoms with van der Waals surface area (Å²) in [5, 5.41) is 9.47. The van der Waals surface area contributed by atoms with Crippen LogP contribution >= 0.6 is 0 Å². The van der Waals surface area contributed by atoms with Crippen LogP contribution in [0.4, 0.5) is 0 Å². The van der Waals surface area contributed by atoms with Crippen molar-refractivity contribution < 1.29 is 9.90 Å². The lowest BCUT2D eigenvalue weighted by molar-refractivity contribution is 0.0791. The molecule has 3 N–H and O–H groups in total. The minimum atomic E-state index is -0.384. The SMILES string of the molecule is Cc1cc(C(N)=O)ccc1CN1CCC(O)CC1. The smallest absolute Gasteiger partial charge is 0.248 e. The number of carbonyl (C=O) groups is 1. The average molecular weight is 248 g/mol. The van der Waals surface area contributed by atoms with Gasteiger partial charge in [-0.25, -0.2) is 0 Å². The minimum absolute atomic E-state index is 0.139. The van der Waals surface area contributed by atoms with Crippen molar-refractivity contribution in [2.45, 2.75) is 32.4 Å². The van der Waals surface area contributed by atoms with Gasteiger partial charge in [0.25, 0.3) is 0 Å². The van der Waals surface area contributed by atoms with Crippen LogP contribution < -0.4 is 5.73 Å². The maximum Gasteiger partial charge on any atom is 0.248 e. The predicted molar refractivity (Wildman–Crippen MR) is 70.2 cm³/mol. The number of nitrogens with two attached hydrogens (primary N) is 1. The van der Waals surface area contributed by atoms with E-state index in [0.717, 1.165) is 38.0 Å². The van der Waals surface area contributed by atoms with Crippen LogP contribution in [0.2, 0.25) is 0 Å². The molecule has 1 heterocycles. The molecule has 0 saturated carbocycles. The Morgan fingerprint density at radius 2 is 2.11 bits per heavy atom. The maximum atomic E-state index is 11.1. The molecule has 0 spiro atoms. The van der Waals surface area contributed by atoms with E-state index in [9.17, 15) is 9.90 Å². The Labute approximate surface area is 107 Å². The van der Waals surface area contributed by atoms with Crippen LogP contribution in [0.3, 0.4) is 0 Å². The third-order valence-electron chi connectivity index (χ3n) is 3.58. The Hall–Kier alpha value is -1.39. The molecule has 1 aliphatic heterocycles. The summed E-state index contributed by atoms with van der Waals surface area (Å²) in [5.41, 5.74) is 8.13. The number of aliphatic hydroxyl groups excluding tert-OH is 1. The van der Waals surface area contributed by atoms with Crippen molar-refractivity contribution in [1.82, 2.24) is 4.90 Å². The third-order valence-corrected chi connectivity index (χ3v) is 3.58. The van der Waals surface area contributed by atoms with Crippen molar-refractivity contribution in [2.24, 2.45) is 5.73 Å². The lowest BCUT2D eigenvalue weighted by Gasteiger charge is -2.29. The van der Waals surface area contributed by atoms with Crippen molar-refractivity contribution in [3.8, 4) is 0 Å². The van der Waals surface area contributed by atoms with Gasteiger partial charge in [0, 0.05) is 25.2 Å². The molecule has 18 heavy (non-hydrogen) atoms. The highest BCUT2D eigenvalue weighted by atomic mass is 16.3. The molecule has 1 aromatic carbocycles. The van der Waals surface area contributed by atoms with E-state index in [0.29, 0.717) is 5.56 Å². The summed E-state index contributed by atoms with van der Waals surface area (Å²) in [5.74, 6) is -0.384. The summed E-state index contributed by atoms with van der Waals surface area (Å²) in [7, 11) is 0. The second-order valence-electron chi connectivity index (χ2n) is 5.01. The molecule has 0 bridgehead atoms. The Morgan fingerprint density at radius 1 is 1.44 bits per heavy atom. The predicted octanol–water partition coefficient (Wildman–Crippen LogP) is 1.05. The fraction of sp³-hybridized carbons (Fsp3) is 0.500. The topological polar surface area (TPSA) is 66.6 Å². The van der Waals surface area contributed by atoms with Crippen molar-refractivity contribution in [2.75, 3.05) is 13.1 Å².